The van der Waals surface area contributed by atoms with Gasteiger partial charge in [0, 0.05) is 28.7 Å². The van der Waals surface area contributed by atoms with Crippen LogP contribution in [0.25, 0.3) is 5.82 Å². The number of aromatic amines is 1. The van der Waals surface area contributed by atoms with Gasteiger partial charge >= 0.3 is 0 Å². The highest BCUT2D eigenvalue weighted by molar-refractivity contribution is 6.04. The maximum atomic E-state index is 12.6. The lowest BCUT2D eigenvalue weighted by atomic mass is 10.0. The second-order valence-corrected chi connectivity index (χ2v) is 7.31. The molecule has 0 aliphatic heterocycles. The minimum absolute atomic E-state index is 0.0794. The molecule has 0 radical (unpaired) electrons. The molecule has 0 saturated carbocycles. The van der Waals surface area contributed by atoms with Gasteiger partial charge < -0.3 is 15.6 Å². The van der Waals surface area contributed by atoms with Crippen LogP contribution in [0, 0.1) is 20.8 Å². The number of pyridine rings is 1. The number of H-pyrrole nitrogens is 1. The zero-order valence-corrected chi connectivity index (χ0v) is 18.3. The van der Waals surface area contributed by atoms with Gasteiger partial charge in [0.05, 0.1) is 11.4 Å². The molecular weight excluding hydrogens is 396 g/mol. The van der Waals surface area contributed by atoms with Crippen molar-refractivity contribution in [3.8, 4) is 5.82 Å². The van der Waals surface area contributed by atoms with Crippen molar-refractivity contribution in [2.24, 2.45) is 10.9 Å². The van der Waals surface area contributed by atoms with Gasteiger partial charge in [-0.2, -0.15) is 5.10 Å². The molecule has 9 nitrogen and oxygen atoms in total. The third kappa shape index (κ3) is 4.55. The number of nitrogens with one attached hydrogen (secondary N) is 1. The van der Waals surface area contributed by atoms with Crippen molar-refractivity contribution in [1.82, 2.24) is 19.7 Å². The summed E-state index contributed by atoms with van der Waals surface area (Å²) in [5.41, 5.74) is 10.7. The highest BCUT2D eigenvalue weighted by Gasteiger charge is 2.21. The van der Waals surface area contributed by atoms with E-state index in [0.717, 1.165) is 11.4 Å². The molecule has 3 aromatic heterocycles. The molecular formula is C22H26N6O3. The Morgan fingerprint density at radius 1 is 1.26 bits per heavy atom. The molecule has 3 rings (SSSR count). The van der Waals surface area contributed by atoms with Crippen LogP contribution in [0.2, 0.25) is 0 Å². The number of nitrogens with zero attached hydrogens (tertiary/aromatic N) is 4. The van der Waals surface area contributed by atoms with Gasteiger partial charge in [0.2, 0.25) is 5.78 Å². The lowest BCUT2D eigenvalue weighted by Crippen LogP contribution is -2.17. The van der Waals surface area contributed by atoms with E-state index < -0.39 is 0 Å². The topological polar surface area (TPSA) is 128 Å². The van der Waals surface area contributed by atoms with Gasteiger partial charge in [-0.3, -0.25) is 9.59 Å². The third-order valence-electron chi connectivity index (χ3n) is 4.90. The van der Waals surface area contributed by atoms with Gasteiger partial charge in [-0.15, -0.1) is 0 Å². The number of hydrogen-bond acceptors (Lipinski definition) is 6. The van der Waals surface area contributed by atoms with E-state index in [4.69, 9.17) is 10.6 Å². The van der Waals surface area contributed by atoms with E-state index in [-0.39, 0.29) is 24.0 Å². The van der Waals surface area contributed by atoms with Crippen molar-refractivity contribution in [1.29, 1.82) is 0 Å². The molecule has 3 aromatic rings. The Morgan fingerprint density at radius 3 is 2.55 bits per heavy atom. The number of rotatable bonds is 8. The number of Topliss-reactive ketones (excluding diaryl/α,β-unsaturated/α-hetero) is 2. The Bertz CT molecular complexity index is 1150. The number of nitrogens with two attached hydrogens (primary N) is 1. The van der Waals surface area contributed by atoms with E-state index in [1.807, 2.05) is 26.8 Å². The monoisotopic (exact) mass is 422 g/mol. The van der Waals surface area contributed by atoms with E-state index in [2.05, 4.69) is 20.2 Å². The number of amidine groups is 1. The number of carbonyl (C=O) groups excluding carboxylic acids is 2. The Morgan fingerprint density at radius 2 is 2.00 bits per heavy atom. The first-order valence-electron chi connectivity index (χ1n) is 9.94. The van der Waals surface area contributed by atoms with E-state index in [0.29, 0.717) is 40.3 Å². The van der Waals surface area contributed by atoms with Crippen LogP contribution in [0.3, 0.4) is 0 Å². The van der Waals surface area contributed by atoms with Crippen LogP contribution in [0.4, 0.5) is 0 Å². The number of aryl methyl sites for hydroxylation is 3. The Labute approximate surface area is 180 Å². The average molecular weight is 422 g/mol. The second kappa shape index (κ2) is 8.95. The van der Waals surface area contributed by atoms with E-state index >= 15 is 0 Å². The fourth-order valence-electron chi connectivity index (χ4n) is 3.55. The average Bonchev–Trinajstić information content (AvgIpc) is 3.25. The summed E-state index contributed by atoms with van der Waals surface area (Å²) in [6.07, 6.45) is 2.12. The molecule has 0 aliphatic carbocycles. The van der Waals surface area contributed by atoms with Crippen LogP contribution in [0.1, 0.15) is 62.9 Å². The molecule has 0 unspecified atom stereocenters. The number of oxime groups is 1. The lowest BCUT2D eigenvalue weighted by Gasteiger charge is -2.06. The maximum absolute atomic E-state index is 12.6. The van der Waals surface area contributed by atoms with Gasteiger partial charge in [-0.05, 0) is 57.9 Å². The fourth-order valence-corrected chi connectivity index (χ4v) is 3.55. The SMILES string of the molecule is CCc1c(C(=O)CO/N=C(/N)c2ccc(-n3nc(C)cc3C)nc2)[nH]c(C)c1C(C)=O. The normalized spacial score (nSPS) is 11.6. The maximum Gasteiger partial charge on any atom is 0.219 e. The van der Waals surface area contributed by atoms with Crippen LogP contribution in [0.5, 0.6) is 0 Å². The van der Waals surface area contributed by atoms with Gasteiger partial charge in [0.1, 0.15) is 0 Å². The van der Waals surface area contributed by atoms with Crippen LogP contribution in [0.15, 0.2) is 29.6 Å². The van der Waals surface area contributed by atoms with Gasteiger partial charge in [-0.1, -0.05) is 12.1 Å². The summed E-state index contributed by atoms with van der Waals surface area (Å²) in [5.74, 6) is 0.378. The van der Waals surface area contributed by atoms with Crippen LogP contribution >= 0.6 is 0 Å². The molecule has 0 amide bonds. The summed E-state index contributed by atoms with van der Waals surface area (Å²) in [6.45, 7) is 8.71. The molecule has 162 valence electrons. The number of hydrogen-bond donors (Lipinski definition) is 2. The highest BCUT2D eigenvalue weighted by atomic mass is 16.6. The fraction of sp³-hybridized carbons (Fsp3) is 0.318. The van der Waals surface area contributed by atoms with Gasteiger partial charge in [-0.25, -0.2) is 9.67 Å². The summed E-state index contributed by atoms with van der Waals surface area (Å²) in [4.78, 5) is 37.0. The van der Waals surface area contributed by atoms with Gasteiger partial charge in [0.15, 0.2) is 24.0 Å². The van der Waals surface area contributed by atoms with Crippen molar-refractivity contribution >= 4 is 17.4 Å². The van der Waals surface area contributed by atoms with E-state index in [1.54, 1.807) is 29.9 Å². The summed E-state index contributed by atoms with van der Waals surface area (Å²) in [5, 5.41) is 8.23. The molecule has 0 fully saturated rings. The Kier molecular flexibility index (Phi) is 6.33. The predicted molar refractivity (Wildman–Crippen MR) is 117 cm³/mol. The molecule has 0 bridgehead atoms. The van der Waals surface area contributed by atoms with E-state index in [9.17, 15) is 9.59 Å². The smallest absolute Gasteiger partial charge is 0.219 e. The molecule has 9 heteroatoms. The largest absolute Gasteiger partial charge is 0.386 e. The zero-order chi connectivity index (χ0) is 22.7. The molecule has 0 aromatic carbocycles. The molecule has 0 atom stereocenters. The standard InChI is InChI=1S/C22H26N6O3/c1-6-17-20(15(5)29)14(4)25-21(17)18(30)11-31-27-22(23)16-7-8-19(24-10-16)28-13(3)9-12(2)26-28/h7-10,25H,6,11H2,1-5H3,(H2,23,27). The second-order valence-electron chi connectivity index (χ2n) is 7.31. The van der Waals surface area contributed by atoms with Crippen molar-refractivity contribution < 1.29 is 14.4 Å². The molecule has 31 heavy (non-hydrogen) atoms. The zero-order valence-electron chi connectivity index (χ0n) is 18.3. The Balaban J connectivity index is 1.69. The first-order valence-corrected chi connectivity index (χ1v) is 9.94. The van der Waals surface area contributed by atoms with Crippen molar-refractivity contribution in [2.45, 2.75) is 41.0 Å². The molecule has 0 saturated heterocycles. The first-order chi connectivity index (χ1) is 14.7. The number of ketones is 2. The number of carbonyl (C=O) groups is 2. The third-order valence-corrected chi connectivity index (χ3v) is 4.90. The first kappa shape index (κ1) is 21.9. The van der Waals surface area contributed by atoms with Crippen molar-refractivity contribution in [2.75, 3.05) is 6.61 Å². The van der Waals surface area contributed by atoms with E-state index in [1.165, 1.54) is 6.92 Å². The van der Waals surface area contributed by atoms with Crippen molar-refractivity contribution in [3.05, 3.63) is 63.9 Å². The minimum atomic E-state index is -0.304. The predicted octanol–water partition coefficient (Wildman–Crippen LogP) is 2.81. The van der Waals surface area contributed by atoms with Crippen LogP contribution < -0.4 is 5.73 Å². The van der Waals surface area contributed by atoms with Crippen molar-refractivity contribution in [3.63, 3.8) is 0 Å². The van der Waals surface area contributed by atoms with Crippen LogP contribution in [-0.4, -0.2) is 43.8 Å². The number of aromatic nitrogens is 4. The molecule has 0 aliphatic rings. The summed E-state index contributed by atoms with van der Waals surface area (Å²) in [6, 6.07) is 5.50. The highest BCUT2D eigenvalue weighted by Crippen LogP contribution is 2.21. The Hall–Kier alpha value is -3.75. The summed E-state index contributed by atoms with van der Waals surface area (Å²) >= 11 is 0. The summed E-state index contributed by atoms with van der Waals surface area (Å²) in [7, 11) is 0. The molecule has 3 N–H and O–H groups in total. The quantitative estimate of drug-likeness (QED) is 0.249. The molecule has 0 spiro atoms. The lowest BCUT2D eigenvalue weighted by molar-refractivity contribution is 0.0770. The van der Waals surface area contributed by atoms with Crippen LogP contribution in [-0.2, 0) is 11.3 Å². The molecule has 3 heterocycles. The minimum Gasteiger partial charge on any atom is -0.386 e. The van der Waals surface area contributed by atoms with Gasteiger partial charge in [0.25, 0.3) is 0 Å². The summed E-state index contributed by atoms with van der Waals surface area (Å²) < 4.78 is 1.74.